The molecule has 0 aliphatic carbocycles. The number of hydrogen-bond acceptors (Lipinski definition) is 3. The average molecular weight is 411 g/mol. The molecule has 0 bridgehead atoms. The van der Waals surface area contributed by atoms with E-state index in [1.807, 2.05) is 53.7 Å². The first-order chi connectivity index (χ1) is 15.1. The van der Waals surface area contributed by atoms with E-state index in [4.69, 9.17) is 4.98 Å². The highest BCUT2D eigenvalue weighted by molar-refractivity contribution is 5.93. The summed E-state index contributed by atoms with van der Waals surface area (Å²) in [5.74, 6) is 0.237. The number of hydrogen-bond donors (Lipinski definition) is 0. The molecule has 0 spiro atoms. The molecule has 4 heterocycles. The minimum atomic E-state index is 0.00184. The van der Waals surface area contributed by atoms with Crippen LogP contribution in [0.3, 0.4) is 0 Å². The smallest absolute Gasteiger partial charge is 0.274 e. The third-order valence-electron chi connectivity index (χ3n) is 6.04. The third-order valence-corrected chi connectivity index (χ3v) is 6.04. The number of fused-ring (bicyclic) bond motifs is 1. The van der Waals surface area contributed by atoms with Crippen LogP contribution in [0.25, 0.3) is 16.8 Å². The molecule has 0 radical (unpaired) electrons. The quantitative estimate of drug-likeness (QED) is 0.476. The Morgan fingerprint density at radius 1 is 1.00 bits per heavy atom. The summed E-state index contributed by atoms with van der Waals surface area (Å²) in [5, 5.41) is 0. The van der Waals surface area contributed by atoms with E-state index in [-0.39, 0.29) is 11.8 Å². The molecular weight excluding hydrogens is 384 g/mol. The van der Waals surface area contributed by atoms with Crippen molar-refractivity contribution in [2.24, 2.45) is 0 Å². The number of aryl methyl sites for hydroxylation is 2. The van der Waals surface area contributed by atoms with Crippen molar-refractivity contribution in [3.63, 3.8) is 0 Å². The first kappa shape index (κ1) is 19.5. The van der Waals surface area contributed by atoms with Crippen LogP contribution in [0.1, 0.15) is 46.2 Å². The summed E-state index contributed by atoms with van der Waals surface area (Å²) in [6, 6.07) is 18.7. The molecule has 1 aromatic carbocycles. The second-order valence-electron chi connectivity index (χ2n) is 8.47. The van der Waals surface area contributed by atoms with Crippen molar-refractivity contribution in [3.05, 3.63) is 89.6 Å². The molecular formula is C26H26N4O. The molecule has 3 aromatic heterocycles. The largest absolute Gasteiger partial charge is 0.337 e. The summed E-state index contributed by atoms with van der Waals surface area (Å²) in [4.78, 5) is 24.6. The fourth-order valence-corrected chi connectivity index (χ4v) is 4.45. The molecule has 1 aliphatic heterocycles. The van der Waals surface area contributed by atoms with E-state index in [1.165, 1.54) is 11.1 Å². The zero-order chi connectivity index (χ0) is 21.4. The molecule has 31 heavy (non-hydrogen) atoms. The van der Waals surface area contributed by atoms with Crippen molar-refractivity contribution >= 4 is 11.6 Å². The predicted molar refractivity (Wildman–Crippen MR) is 122 cm³/mol. The molecule has 1 atom stereocenters. The summed E-state index contributed by atoms with van der Waals surface area (Å²) in [6.07, 6.45) is 5.80. The van der Waals surface area contributed by atoms with Gasteiger partial charge in [0, 0.05) is 42.8 Å². The number of carbonyl (C=O) groups is 1. The summed E-state index contributed by atoms with van der Waals surface area (Å²) >= 11 is 0. The number of benzene rings is 1. The van der Waals surface area contributed by atoms with Gasteiger partial charge in [0.1, 0.15) is 11.3 Å². The lowest BCUT2D eigenvalue weighted by molar-refractivity contribution is 0.0700. The van der Waals surface area contributed by atoms with Crippen molar-refractivity contribution in [2.45, 2.75) is 32.6 Å². The van der Waals surface area contributed by atoms with Crippen LogP contribution in [0.2, 0.25) is 0 Å². The summed E-state index contributed by atoms with van der Waals surface area (Å²) in [7, 11) is 0. The van der Waals surface area contributed by atoms with E-state index >= 15 is 0 Å². The maximum atomic E-state index is 13.2. The zero-order valence-corrected chi connectivity index (χ0v) is 18.0. The number of amides is 1. The van der Waals surface area contributed by atoms with Gasteiger partial charge in [-0.15, -0.1) is 0 Å². The number of imidazole rings is 1. The third kappa shape index (κ3) is 3.96. The van der Waals surface area contributed by atoms with E-state index in [2.05, 4.69) is 41.4 Å². The van der Waals surface area contributed by atoms with Crippen LogP contribution in [-0.2, 0) is 0 Å². The number of aromatic nitrogens is 3. The highest BCUT2D eigenvalue weighted by Gasteiger charge is 2.28. The van der Waals surface area contributed by atoms with Gasteiger partial charge >= 0.3 is 0 Å². The van der Waals surface area contributed by atoms with Crippen LogP contribution in [0.15, 0.2) is 67.0 Å². The van der Waals surface area contributed by atoms with Crippen molar-refractivity contribution in [2.75, 3.05) is 13.1 Å². The number of likely N-dealkylation sites (tertiary alicyclic amines) is 1. The van der Waals surface area contributed by atoms with Gasteiger partial charge in [-0.1, -0.05) is 30.3 Å². The Kier molecular flexibility index (Phi) is 5.02. The van der Waals surface area contributed by atoms with Gasteiger partial charge in [-0.2, -0.15) is 0 Å². The Morgan fingerprint density at radius 3 is 2.68 bits per heavy atom. The monoisotopic (exact) mass is 410 g/mol. The summed E-state index contributed by atoms with van der Waals surface area (Å²) in [5.41, 5.74) is 6.91. The van der Waals surface area contributed by atoms with Gasteiger partial charge in [-0.05, 0) is 67.6 Å². The molecule has 156 valence electrons. The normalized spacial score (nSPS) is 16.6. The van der Waals surface area contributed by atoms with E-state index < -0.39 is 0 Å². The van der Waals surface area contributed by atoms with Crippen LogP contribution in [0, 0.1) is 13.8 Å². The Bertz CT molecular complexity index is 1240. The first-order valence-corrected chi connectivity index (χ1v) is 10.9. The van der Waals surface area contributed by atoms with Crippen LogP contribution in [0.5, 0.6) is 0 Å². The Morgan fingerprint density at radius 2 is 1.84 bits per heavy atom. The zero-order valence-electron chi connectivity index (χ0n) is 18.0. The predicted octanol–water partition coefficient (Wildman–Crippen LogP) is 5.03. The molecule has 5 nitrogen and oxygen atoms in total. The van der Waals surface area contributed by atoms with Gasteiger partial charge in [-0.25, -0.2) is 4.98 Å². The molecule has 0 N–H and O–H groups in total. The number of carbonyl (C=O) groups excluding carboxylic acids is 1. The molecule has 1 unspecified atom stereocenters. The highest BCUT2D eigenvalue weighted by atomic mass is 16.2. The minimum Gasteiger partial charge on any atom is -0.337 e. The number of nitrogens with zero attached hydrogens (tertiary/aromatic N) is 4. The number of pyridine rings is 2. The fourth-order valence-electron chi connectivity index (χ4n) is 4.45. The average Bonchev–Trinajstić information content (AvgIpc) is 3.22. The molecule has 5 heteroatoms. The van der Waals surface area contributed by atoms with E-state index in [0.717, 1.165) is 42.0 Å². The minimum absolute atomic E-state index is 0.00184. The van der Waals surface area contributed by atoms with Gasteiger partial charge in [0.05, 0.1) is 0 Å². The van der Waals surface area contributed by atoms with Crippen LogP contribution in [0.4, 0.5) is 0 Å². The number of rotatable bonds is 3. The molecule has 1 saturated heterocycles. The van der Waals surface area contributed by atoms with Crippen molar-refractivity contribution in [1.29, 1.82) is 0 Å². The molecule has 1 aliphatic rings. The maximum absolute atomic E-state index is 13.2. The van der Waals surface area contributed by atoms with Crippen molar-refractivity contribution in [3.8, 4) is 11.1 Å². The van der Waals surface area contributed by atoms with Crippen LogP contribution < -0.4 is 0 Å². The Labute approximate surface area is 182 Å². The SMILES string of the molecule is Cc1ccn2cc(C(=O)N3CCCC(c4cc(-c5ccccc5)cc(C)n4)C3)nc2c1. The molecule has 4 aromatic rings. The molecule has 0 saturated carbocycles. The fraction of sp³-hybridized carbons (Fsp3) is 0.269. The van der Waals surface area contributed by atoms with Crippen LogP contribution >= 0.6 is 0 Å². The van der Waals surface area contributed by atoms with Crippen molar-refractivity contribution < 1.29 is 4.79 Å². The maximum Gasteiger partial charge on any atom is 0.274 e. The second-order valence-corrected chi connectivity index (χ2v) is 8.47. The first-order valence-electron chi connectivity index (χ1n) is 10.9. The van der Waals surface area contributed by atoms with Gasteiger partial charge in [0.15, 0.2) is 0 Å². The van der Waals surface area contributed by atoms with E-state index in [1.54, 1.807) is 0 Å². The van der Waals surface area contributed by atoms with Gasteiger partial charge in [-0.3, -0.25) is 9.78 Å². The Balaban J connectivity index is 1.40. The molecule has 1 amide bonds. The molecule has 1 fully saturated rings. The lowest BCUT2D eigenvalue weighted by atomic mass is 9.92. The Hall–Kier alpha value is -3.47. The van der Waals surface area contributed by atoms with E-state index in [0.29, 0.717) is 12.2 Å². The van der Waals surface area contributed by atoms with Gasteiger partial charge in [0.25, 0.3) is 5.91 Å². The topological polar surface area (TPSA) is 50.5 Å². The summed E-state index contributed by atoms with van der Waals surface area (Å²) < 4.78 is 1.91. The van der Waals surface area contributed by atoms with Gasteiger partial charge in [0.2, 0.25) is 0 Å². The van der Waals surface area contributed by atoms with E-state index in [9.17, 15) is 4.79 Å². The standard InChI is InChI=1S/C26H26N4O/c1-18-10-12-29-17-24(28-25(29)13-18)26(31)30-11-6-9-21(16-30)23-15-22(14-19(2)27-23)20-7-4-3-5-8-20/h3-5,7-8,10,12-15,17,21H,6,9,11,16H2,1-2H3. The molecule has 5 rings (SSSR count). The lowest BCUT2D eigenvalue weighted by Crippen LogP contribution is -2.39. The van der Waals surface area contributed by atoms with Crippen LogP contribution in [-0.4, -0.2) is 38.3 Å². The number of piperidine rings is 1. The second kappa shape index (κ2) is 7.99. The summed E-state index contributed by atoms with van der Waals surface area (Å²) in [6.45, 7) is 5.51. The lowest BCUT2D eigenvalue weighted by Gasteiger charge is -2.32. The van der Waals surface area contributed by atoms with Crippen molar-refractivity contribution in [1.82, 2.24) is 19.3 Å². The van der Waals surface area contributed by atoms with Gasteiger partial charge < -0.3 is 9.30 Å². The highest BCUT2D eigenvalue weighted by Crippen LogP contribution is 2.30.